The number of carbonyl (C=O) groups is 3. The number of benzene rings is 1. The van der Waals surface area contributed by atoms with E-state index in [1.807, 2.05) is 6.92 Å². The number of hydrogen-bond acceptors (Lipinski definition) is 7. The first-order chi connectivity index (χ1) is 14.3. The molecule has 0 radical (unpaired) electrons. The maximum atomic E-state index is 12.2. The first-order valence-corrected chi connectivity index (χ1v) is 9.70. The lowest BCUT2D eigenvalue weighted by Crippen LogP contribution is -2.60. The molecule has 0 aromatic heterocycles. The number of amides is 2. The molecule has 1 unspecified atom stereocenters. The van der Waals surface area contributed by atoms with Gasteiger partial charge < -0.3 is 15.0 Å². The third kappa shape index (κ3) is 6.62. The number of rotatable bonds is 7. The first kappa shape index (κ1) is 22.9. The molecule has 1 aromatic rings. The van der Waals surface area contributed by atoms with Crippen molar-refractivity contribution in [1.82, 2.24) is 15.5 Å². The molecule has 1 aliphatic rings. The Morgan fingerprint density at radius 1 is 1.47 bits per heavy atom. The Bertz CT molecular complexity index is 872. The number of non-ortho nitro benzene ring substituents is 1. The van der Waals surface area contributed by atoms with E-state index in [4.69, 9.17) is 17.0 Å². The van der Waals surface area contributed by atoms with Crippen LogP contribution >= 0.6 is 12.2 Å². The maximum Gasteiger partial charge on any atom is 0.308 e. The van der Waals surface area contributed by atoms with Crippen LogP contribution in [0.2, 0.25) is 0 Å². The van der Waals surface area contributed by atoms with Crippen LogP contribution in [0, 0.1) is 10.1 Å². The minimum absolute atomic E-state index is 0.00633. The van der Waals surface area contributed by atoms with Crippen LogP contribution in [0.1, 0.15) is 25.3 Å². The largest absolute Gasteiger partial charge is 0.466 e. The topological polar surface area (TPSA) is 131 Å². The zero-order valence-corrected chi connectivity index (χ0v) is 17.1. The van der Waals surface area contributed by atoms with E-state index in [1.54, 1.807) is 6.07 Å². The third-order valence-electron chi connectivity index (χ3n) is 4.16. The van der Waals surface area contributed by atoms with Gasteiger partial charge in [0.25, 0.3) is 5.69 Å². The van der Waals surface area contributed by atoms with Gasteiger partial charge in [-0.15, -0.1) is 0 Å². The number of carbonyl (C=O) groups excluding carboxylic acids is 3. The highest BCUT2D eigenvalue weighted by Gasteiger charge is 2.34. The second-order valence-corrected chi connectivity index (χ2v) is 6.79. The fourth-order valence-corrected chi connectivity index (χ4v) is 3.05. The molecule has 2 rings (SSSR count). The van der Waals surface area contributed by atoms with E-state index in [0.29, 0.717) is 25.1 Å². The van der Waals surface area contributed by atoms with Crippen molar-refractivity contribution in [3.63, 3.8) is 0 Å². The molecule has 0 spiro atoms. The molecule has 160 valence electrons. The van der Waals surface area contributed by atoms with Gasteiger partial charge in [-0.3, -0.25) is 29.8 Å². The summed E-state index contributed by atoms with van der Waals surface area (Å²) in [5, 5.41) is 16.0. The normalized spacial score (nSPS) is 16.1. The lowest BCUT2D eigenvalue weighted by atomic mass is 10.1. The lowest BCUT2D eigenvalue weighted by Gasteiger charge is -2.36. The summed E-state index contributed by atoms with van der Waals surface area (Å²) in [5.74, 6) is -1.47. The summed E-state index contributed by atoms with van der Waals surface area (Å²) >= 11 is 5.25. The number of nitro benzene ring substituents is 1. The van der Waals surface area contributed by atoms with E-state index < -0.39 is 22.8 Å². The predicted octanol–water partition coefficient (Wildman–Crippen LogP) is 1.15. The molecule has 11 heteroatoms. The second-order valence-electron chi connectivity index (χ2n) is 6.40. The van der Waals surface area contributed by atoms with Crippen molar-refractivity contribution < 1.29 is 24.0 Å². The Labute approximate surface area is 178 Å². The monoisotopic (exact) mass is 434 g/mol. The van der Waals surface area contributed by atoms with Gasteiger partial charge in [-0.2, -0.15) is 0 Å². The molecule has 30 heavy (non-hydrogen) atoms. The fraction of sp³-hybridized carbons (Fsp3) is 0.368. The zero-order chi connectivity index (χ0) is 22.1. The van der Waals surface area contributed by atoms with E-state index in [1.165, 1.54) is 35.3 Å². The number of nitrogens with one attached hydrogen (secondary N) is 2. The van der Waals surface area contributed by atoms with Crippen molar-refractivity contribution in [3.8, 4) is 0 Å². The van der Waals surface area contributed by atoms with E-state index >= 15 is 0 Å². The molecule has 1 saturated heterocycles. The lowest BCUT2D eigenvalue weighted by molar-refractivity contribution is -0.384. The number of nitrogens with zero attached hydrogens (tertiary/aromatic N) is 2. The maximum absolute atomic E-state index is 12.2. The quantitative estimate of drug-likeness (QED) is 0.215. The van der Waals surface area contributed by atoms with Gasteiger partial charge in [-0.1, -0.05) is 19.1 Å². The number of thiocarbonyl (C=S) groups is 1. The van der Waals surface area contributed by atoms with Gasteiger partial charge >= 0.3 is 5.97 Å². The highest BCUT2D eigenvalue weighted by molar-refractivity contribution is 7.80. The highest BCUT2D eigenvalue weighted by Crippen LogP contribution is 2.14. The van der Waals surface area contributed by atoms with Crippen LogP contribution in [0.5, 0.6) is 0 Å². The van der Waals surface area contributed by atoms with Crippen molar-refractivity contribution in [3.05, 3.63) is 46.0 Å². The molecule has 1 heterocycles. The average molecular weight is 434 g/mol. The van der Waals surface area contributed by atoms with Crippen molar-refractivity contribution in [1.29, 1.82) is 0 Å². The molecule has 1 aliphatic heterocycles. The predicted molar refractivity (Wildman–Crippen MR) is 112 cm³/mol. The fourth-order valence-electron chi connectivity index (χ4n) is 2.73. The summed E-state index contributed by atoms with van der Waals surface area (Å²) in [5.41, 5.74) is 0.379. The van der Waals surface area contributed by atoms with Crippen LogP contribution in [-0.2, 0) is 19.1 Å². The van der Waals surface area contributed by atoms with E-state index in [9.17, 15) is 24.5 Å². The summed E-state index contributed by atoms with van der Waals surface area (Å²) in [6.07, 6.45) is 3.07. The summed E-state index contributed by atoms with van der Waals surface area (Å²) in [7, 11) is 0. The first-order valence-electron chi connectivity index (χ1n) is 9.29. The summed E-state index contributed by atoms with van der Waals surface area (Å²) in [6, 6.07) is 4.92. The van der Waals surface area contributed by atoms with Gasteiger partial charge in [0.15, 0.2) is 5.11 Å². The Morgan fingerprint density at radius 3 is 2.93 bits per heavy atom. The number of hydrogen-bond donors (Lipinski definition) is 2. The molecular formula is C19H22N4O6S. The molecule has 0 bridgehead atoms. The minimum Gasteiger partial charge on any atom is -0.466 e. The molecule has 10 nitrogen and oxygen atoms in total. The minimum atomic E-state index is -0.878. The van der Waals surface area contributed by atoms with E-state index in [0.717, 1.165) is 0 Å². The van der Waals surface area contributed by atoms with Crippen LogP contribution in [0.15, 0.2) is 30.3 Å². The molecule has 0 saturated carbocycles. The Hall–Kier alpha value is -3.34. The zero-order valence-electron chi connectivity index (χ0n) is 16.3. The van der Waals surface area contributed by atoms with Gasteiger partial charge in [0.05, 0.1) is 18.0 Å². The summed E-state index contributed by atoms with van der Waals surface area (Å²) < 4.78 is 5.03. The average Bonchev–Trinajstić information content (AvgIpc) is 2.72. The van der Waals surface area contributed by atoms with Crippen molar-refractivity contribution in [2.24, 2.45) is 0 Å². The third-order valence-corrected chi connectivity index (χ3v) is 4.49. The standard InChI is InChI=1S/C19H22N4O6S/c1-2-10-29-17(25)12-15-18(26)20-8-9-22(15)19(30)21-16(24)7-6-13-4-3-5-14(11-13)23(27)28/h3-7,11,15H,2,8-10,12H2,1H3,(H,20,26)(H,21,24,30)/b7-6+. The van der Waals surface area contributed by atoms with Crippen LogP contribution in [0.4, 0.5) is 5.69 Å². The SMILES string of the molecule is CCCOC(=O)CC1C(=O)NCCN1C(=S)NC(=O)/C=C/c1cccc([N+](=O)[O-])c1. The van der Waals surface area contributed by atoms with Crippen LogP contribution in [0.3, 0.4) is 0 Å². The molecule has 2 amide bonds. The van der Waals surface area contributed by atoms with Crippen LogP contribution < -0.4 is 10.6 Å². The smallest absolute Gasteiger partial charge is 0.308 e. The molecular weight excluding hydrogens is 412 g/mol. The van der Waals surface area contributed by atoms with E-state index in [2.05, 4.69) is 10.6 Å². The second kappa shape index (κ2) is 11.0. The van der Waals surface area contributed by atoms with Gasteiger partial charge in [-0.05, 0) is 30.3 Å². The highest BCUT2D eigenvalue weighted by atomic mass is 32.1. The van der Waals surface area contributed by atoms with Gasteiger partial charge in [0.2, 0.25) is 11.8 Å². The van der Waals surface area contributed by atoms with Crippen molar-refractivity contribution in [2.75, 3.05) is 19.7 Å². The molecule has 1 fully saturated rings. The summed E-state index contributed by atoms with van der Waals surface area (Å²) in [4.78, 5) is 48.1. The molecule has 2 N–H and O–H groups in total. The van der Waals surface area contributed by atoms with E-state index in [-0.39, 0.29) is 29.7 Å². The molecule has 1 atom stereocenters. The van der Waals surface area contributed by atoms with Gasteiger partial charge in [0, 0.05) is 31.3 Å². The van der Waals surface area contributed by atoms with Crippen molar-refractivity contribution in [2.45, 2.75) is 25.8 Å². The molecule has 1 aromatic carbocycles. The Morgan fingerprint density at radius 2 is 2.23 bits per heavy atom. The number of piperazine rings is 1. The molecule has 0 aliphatic carbocycles. The number of ether oxygens (including phenoxy) is 1. The number of esters is 1. The number of nitro groups is 1. The van der Waals surface area contributed by atoms with Crippen molar-refractivity contribution >= 4 is 46.9 Å². The van der Waals surface area contributed by atoms with Crippen LogP contribution in [-0.4, -0.2) is 58.5 Å². The summed E-state index contributed by atoms with van der Waals surface area (Å²) in [6.45, 7) is 2.76. The Balaban J connectivity index is 2.00. The van der Waals surface area contributed by atoms with Gasteiger partial charge in [-0.25, -0.2) is 0 Å². The Kier molecular flexibility index (Phi) is 8.41. The van der Waals surface area contributed by atoms with Crippen LogP contribution in [0.25, 0.3) is 6.08 Å². The van der Waals surface area contributed by atoms with Gasteiger partial charge in [0.1, 0.15) is 6.04 Å².